The van der Waals surface area contributed by atoms with E-state index in [0.717, 1.165) is 0 Å². The van der Waals surface area contributed by atoms with Crippen LogP contribution in [0.1, 0.15) is 48.0 Å². The molecule has 0 aliphatic rings. The molecule has 0 saturated heterocycles. The first-order valence-corrected chi connectivity index (χ1v) is 6.76. The highest BCUT2D eigenvalue weighted by molar-refractivity contribution is 6.28. The number of ether oxygens (including phenoxy) is 2. The Labute approximate surface area is 129 Å². The van der Waals surface area contributed by atoms with Crippen LogP contribution >= 0.6 is 0 Å². The number of nitrogens with one attached hydrogen (secondary N) is 1. The summed E-state index contributed by atoms with van der Waals surface area (Å²) in [5.74, 6) is -1.42. The molecule has 0 aromatic heterocycles. The summed E-state index contributed by atoms with van der Waals surface area (Å²) >= 11 is 0. The van der Waals surface area contributed by atoms with Gasteiger partial charge in [0.2, 0.25) is 0 Å². The lowest BCUT2D eigenvalue weighted by atomic mass is 10.1. The molecule has 8 nitrogen and oxygen atoms in total. The number of nitrogens with zero attached hydrogens (tertiary/aromatic N) is 2. The summed E-state index contributed by atoms with van der Waals surface area (Å²) in [5, 5.41) is 2.26. The van der Waals surface area contributed by atoms with Crippen molar-refractivity contribution in [1.82, 2.24) is 5.32 Å². The van der Waals surface area contributed by atoms with Crippen LogP contribution in [0.2, 0.25) is 0 Å². The normalized spacial score (nSPS) is 12.6. The molecule has 1 amide bonds. The Morgan fingerprint density at radius 3 is 2.00 bits per heavy atom. The molecule has 1 atom stereocenters. The van der Waals surface area contributed by atoms with E-state index < -0.39 is 41.5 Å². The SMILES string of the molecule is CC(C)(C)OC(=O)CC(NC(=O)OC(C)(C)C)C(=O)C=[N+]=[N-]. The van der Waals surface area contributed by atoms with E-state index >= 15 is 0 Å². The molecule has 0 spiro atoms. The maximum absolute atomic E-state index is 11.8. The lowest BCUT2D eigenvalue weighted by Gasteiger charge is -2.23. The molecule has 1 unspecified atom stereocenters. The van der Waals surface area contributed by atoms with Gasteiger partial charge in [0.1, 0.15) is 17.2 Å². The second kappa shape index (κ2) is 7.70. The highest BCUT2D eigenvalue weighted by Crippen LogP contribution is 2.11. The summed E-state index contributed by atoms with van der Waals surface area (Å²) in [6.07, 6.45) is -0.658. The number of alkyl carbamates (subject to hydrolysis) is 1. The van der Waals surface area contributed by atoms with Crippen LogP contribution in [-0.2, 0) is 19.1 Å². The van der Waals surface area contributed by atoms with Crippen LogP contribution in [0.25, 0.3) is 5.53 Å². The minimum absolute atomic E-state index is 0.401. The molecule has 0 radical (unpaired) electrons. The molecule has 22 heavy (non-hydrogen) atoms. The van der Waals surface area contributed by atoms with Crippen LogP contribution in [0.4, 0.5) is 4.79 Å². The summed E-state index contributed by atoms with van der Waals surface area (Å²) in [7, 11) is 0. The quantitative estimate of drug-likeness (QED) is 0.357. The van der Waals surface area contributed by atoms with Gasteiger partial charge in [-0.25, -0.2) is 4.79 Å². The lowest BCUT2D eigenvalue weighted by molar-refractivity contribution is -0.156. The fraction of sp³-hybridized carbons (Fsp3) is 0.714. The summed E-state index contributed by atoms with van der Waals surface area (Å²) in [6.45, 7) is 10.0. The van der Waals surface area contributed by atoms with Crippen molar-refractivity contribution in [3.63, 3.8) is 0 Å². The number of ketones is 1. The molecular weight excluding hydrogens is 290 g/mol. The average Bonchev–Trinajstić information content (AvgIpc) is 2.22. The van der Waals surface area contributed by atoms with Crippen LogP contribution in [-0.4, -0.2) is 46.1 Å². The highest BCUT2D eigenvalue weighted by Gasteiger charge is 2.29. The molecule has 8 heteroatoms. The molecule has 0 rings (SSSR count). The van der Waals surface area contributed by atoms with E-state index in [1.165, 1.54) is 0 Å². The van der Waals surface area contributed by atoms with Gasteiger partial charge in [-0.3, -0.25) is 9.59 Å². The summed E-state index contributed by atoms with van der Waals surface area (Å²) in [4.78, 5) is 37.8. The summed E-state index contributed by atoms with van der Waals surface area (Å²) < 4.78 is 10.1. The van der Waals surface area contributed by atoms with Crippen molar-refractivity contribution in [3.8, 4) is 0 Å². The zero-order chi connectivity index (χ0) is 17.6. The maximum atomic E-state index is 11.8. The van der Waals surface area contributed by atoms with Crippen molar-refractivity contribution in [2.45, 2.75) is 65.2 Å². The van der Waals surface area contributed by atoms with Crippen LogP contribution in [0.5, 0.6) is 0 Å². The van der Waals surface area contributed by atoms with Gasteiger partial charge in [-0.2, -0.15) is 4.79 Å². The molecule has 0 bridgehead atoms. The van der Waals surface area contributed by atoms with Crippen molar-refractivity contribution in [3.05, 3.63) is 5.53 Å². The molecular formula is C14H23N3O5. The van der Waals surface area contributed by atoms with Gasteiger partial charge in [0.05, 0.1) is 6.42 Å². The molecule has 0 aliphatic heterocycles. The van der Waals surface area contributed by atoms with Crippen molar-refractivity contribution < 1.29 is 28.6 Å². The first-order chi connectivity index (χ1) is 9.84. The van der Waals surface area contributed by atoms with Crippen molar-refractivity contribution in [2.24, 2.45) is 0 Å². The fourth-order valence-corrected chi connectivity index (χ4v) is 1.37. The first kappa shape index (κ1) is 19.8. The lowest BCUT2D eigenvalue weighted by Crippen LogP contribution is -2.45. The van der Waals surface area contributed by atoms with Gasteiger partial charge in [0.25, 0.3) is 5.78 Å². The fourth-order valence-electron chi connectivity index (χ4n) is 1.37. The smallest absolute Gasteiger partial charge is 0.408 e. The van der Waals surface area contributed by atoms with Crippen LogP contribution in [0.3, 0.4) is 0 Å². The largest absolute Gasteiger partial charge is 0.460 e. The number of amides is 1. The average molecular weight is 313 g/mol. The van der Waals surface area contributed by atoms with Crippen molar-refractivity contribution >= 4 is 24.1 Å². The molecule has 0 aromatic carbocycles. The van der Waals surface area contributed by atoms with E-state index in [-0.39, 0.29) is 0 Å². The van der Waals surface area contributed by atoms with Gasteiger partial charge in [0.15, 0.2) is 0 Å². The molecule has 124 valence electrons. The molecule has 0 heterocycles. The number of carbonyl (C=O) groups is 3. The zero-order valence-corrected chi connectivity index (χ0v) is 13.8. The predicted octanol–water partition coefficient (Wildman–Crippen LogP) is 1.48. The second-order valence-electron chi connectivity index (χ2n) is 6.64. The molecule has 0 aliphatic carbocycles. The topological polar surface area (TPSA) is 118 Å². The number of rotatable bonds is 5. The van der Waals surface area contributed by atoms with E-state index in [1.54, 1.807) is 41.5 Å². The number of hydrogen-bond donors (Lipinski definition) is 1. The Morgan fingerprint density at radius 1 is 1.09 bits per heavy atom. The van der Waals surface area contributed by atoms with Gasteiger partial charge in [-0.15, -0.1) is 0 Å². The molecule has 0 saturated carbocycles. The maximum Gasteiger partial charge on any atom is 0.408 e. The standard InChI is InChI=1S/C14H23N3O5/c1-13(2,3)21-11(19)7-9(10(18)8-16-15)17-12(20)22-14(4,5)6/h8-9H,7H2,1-6H3,(H,17,20). The summed E-state index contributed by atoms with van der Waals surface area (Å²) in [6, 6.07) is -1.24. The van der Waals surface area contributed by atoms with Gasteiger partial charge in [-0.05, 0) is 41.5 Å². The Hall–Kier alpha value is -2.21. The number of Topliss-reactive ketones (excluding diaryl/α,β-unsaturated/α-hetero) is 1. The van der Waals surface area contributed by atoms with Gasteiger partial charge >= 0.3 is 18.3 Å². The van der Waals surface area contributed by atoms with E-state index in [4.69, 9.17) is 15.0 Å². The van der Waals surface area contributed by atoms with E-state index in [9.17, 15) is 14.4 Å². The monoisotopic (exact) mass is 313 g/mol. The van der Waals surface area contributed by atoms with Gasteiger partial charge in [-0.1, -0.05) is 0 Å². The third-order valence-corrected chi connectivity index (χ3v) is 2.01. The Bertz CT molecular complexity index is 452. The first-order valence-electron chi connectivity index (χ1n) is 6.76. The zero-order valence-electron chi connectivity index (χ0n) is 13.8. The van der Waals surface area contributed by atoms with E-state index in [0.29, 0.717) is 6.21 Å². The van der Waals surface area contributed by atoms with Crippen molar-refractivity contribution in [2.75, 3.05) is 0 Å². The van der Waals surface area contributed by atoms with Gasteiger partial charge < -0.3 is 20.3 Å². The minimum atomic E-state index is -1.24. The number of carbonyl (C=O) groups excluding carboxylic acids is 3. The Kier molecular flexibility index (Phi) is 6.93. The third kappa shape index (κ3) is 9.66. The summed E-state index contributed by atoms with van der Waals surface area (Å²) in [5.41, 5.74) is 6.94. The van der Waals surface area contributed by atoms with Crippen molar-refractivity contribution in [1.29, 1.82) is 0 Å². The van der Waals surface area contributed by atoms with Crippen LogP contribution in [0, 0.1) is 0 Å². The third-order valence-electron chi connectivity index (χ3n) is 2.01. The van der Waals surface area contributed by atoms with E-state index in [1.807, 2.05) is 0 Å². The second-order valence-corrected chi connectivity index (χ2v) is 6.64. The molecule has 0 aromatic rings. The van der Waals surface area contributed by atoms with E-state index in [2.05, 4.69) is 10.1 Å². The van der Waals surface area contributed by atoms with Crippen LogP contribution in [0.15, 0.2) is 0 Å². The van der Waals surface area contributed by atoms with Crippen LogP contribution < -0.4 is 5.32 Å². The van der Waals surface area contributed by atoms with Gasteiger partial charge in [0, 0.05) is 0 Å². The predicted molar refractivity (Wildman–Crippen MR) is 78.3 cm³/mol. The molecule has 0 fully saturated rings. The Morgan fingerprint density at radius 2 is 1.59 bits per heavy atom. The molecule has 1 N–H and O–H groups in total. The number of esters is 1. The highest BCUT2D eigenvalue weighted by atomic mass is 16.6. The number of hydrogen-bond acceptors (Lipinski definition) is 5. The minimum Gasteiger partial charge on any atom is -0.460 e. The Balaban J connectivity index is 4.92.